The van der Waals surface area contributed by atoms with E-state index in [1.807, 2.05) is 36.4 Å². The number of phenols is 1. The highest BCUT2D eigenvalue weighted by Gasteiger charge is 2.09. The van der Waals surface area contributed by atoms with Crippen molar-refractivity contribution < 1.29 is 10.2 Å². The number of phenolic OH excluding ortho intramolecular Hbond substituents is 1. The van der Waals surface area contributed by atoms with Gasteiger partial charge in [0.15, 0.2) is 0 Å². The second-order valence-electron chi connectivity index (χ2n) is 4.72. The number of rotatable bonds is 6. The predicted octanol–water partition coefficient (Wildman–Crippen LogP) is 2.85. The quantitative estimate of drug-likeness (QED) is 0.760. The monoisotopic (exact) mass is 335 g/mol. The molecule has 4 heteroatoms. The standard InChI is InChI=1S/C16H18BrNO2/c17-14-6-7-16(20)13(9-14)10-18-15(11-19)8-12-4-2-1-3-5-12/h1-7,9,15,18-20H,8,10-11H2/t15-/m1/s1. The van der Waals surface area contributed by atoms with Crippen LogP contribution in [0.1, 0.15) is 11.1 Å². The van der Waals surface area contributed by atoms with E-state index >= 15 is 0 Å². The van der Waals surface area contributed by atoms with Crippen molar-refractivity contribution in [1.82, 2.24) is 5.32 Å². The largest absolute Gasteiger partial charge is 0.508 e. The van der Waals surface area contributed by atoms with Crippen LogP contribution in [0, 0.1) is 0 Å². The van der Waals surface area contributed by atoms with Crippen molar-refractivity contribution in [3.05, 3.63) is 64.1 Å². The molecule has 106 valence electrons. The van der Waals surface area contributed by atoms with Crippen LogP contribution in [0.5, 0.6) is 5.75 Å². The van der Waals surface area contributed by atoms with Crippen LogP contribution in [-0.4, -0.2) is 22.9 Å². The third-order valence-corrected chi connectivity index (χ3v) is 3.66. The van der Waals surface area contributed by atoms with Crippen molar-refractivity contribution in [3.8, 4) is 5.75 Å². The van der Waals surface area contributed by atoms with Gasteiger partial charge in [-0.25, -0.2) is 0 Å². The minimum Gasteiger partial charge on any atom is -0.508 e. The maximum atomic E-state index is 9.79. The Balaban J connectivity index is 1.95. The second kappa shape index (κ2) is 7.43. The summed E-state index contributed by atoms with van der Waals surface area (Å²) in [4.78, 5) is 0. The van der Waals surface area contributed by atoms with Crippen LogP contribution >= 0.6 is 15.9 Å². The molecule has 0 saturated heterocycles. The predicted molar refractivity (Wildman–Crippen MR) is 83.7 cm³/mol. The Morgan fingerprint density at radius 1 is 1.10 bits per heavy atom. The summed E-state index contributed by atoms with van der Waals surface area (Å²) in [5.41, 5.74) is 1.99. The summed E-state index contributed by atoms with van der Waals surface area (Å²) in [5.74, 6) is 0.261. The van der Waals surface area contributed by atoms with Gasteiger partial charge in [0.2, 0.25) is 0 Å². The molecule has 0 amide bonds. The molecule has 0 bridgehead atoms. The first-order chi connectivity index (χ1) is 9.69. The van der Waals surface area contributed by atoms with Crippen LogP contribution in [0.15, 0.2) is 53.0 Å². The maximum Gasteiger partial charge on any atom is 0.120 e. The first-order valence-electron chi connectivity index (χ1n) is 6.54. The summed E-state index contributed by atoms with van der Waals surface area (Å²) < 4.78 is 0.927. The van der Waals surface area contributed by atoms with E-state index in [1.165, 1.54) is 5.56 Å². The van der Waals surface area contributed by atoms with Gasteiger partial charge in [-0.05, 0) is 30.2 Å². The molecule has 0 aromatic heterocycles. The summed E-state index contributed by atoms with van der Waals surface area (Å²) in [6, 6.07) is 15.3. The highest BCUT2D eigenvalue weighted by Crippen LogP contribution is 2.21. The van der Waals surface area contributed by atoms with Crippen LogP contribution in [0.3, 0.4) is 0 Å². The average molecular weight is 336 g/mol. The molecule has 0 radical (unpaired) electrons. The topological polar surface area (TPSA) is 52.5 Å². The van der Waals surface area contributed by atoms with Crippen molar-refractivity contribution in [3.63, 3.8) is 0 Å². The molecule has 0 fully saturated rings. The number of nitrogens with one attached hydrogen (secondary N) is 1. The van der Waals surface area contributed by atoms with Crippen LogP contribution in [0.4, 0.5) is 0 Å². The second-order valence-corrected chi connectivity index (χ2v) is 5.64. The number of benzene rings is 2. The van der Waals surface area contributed by atoms with Gasteiger partial charge in [-0.1, -0.05) is 46.3 Å². The lowest BCUT2D eigenvalue weighted by Gasteiger charge is -2.17. The van der Waals surface area contributed by atoms with Crippen LogP contribution in [0.2, 0.25) is 0 Å². The van der Waals surface area contributed by atoms with Crippen LogP contribution < -0.4 is 5.32 Å². The Hall–Kier alpha value is -1.36. The summed E-state index contributed by atoms with van der Waals surface area (Å²) >= 11 is 3.39. The highest BCUT2D eigenvalue weighted by atomic mass is 79.9. The van der Waals surface area contributed by atoms with Crippen LogP contribution in [-0.2, 0) is 13.0 Å². The van der Waals surface area contributed by atoms with E-state index in [-0.39, 0.29) is 18.4 Å². The lowest BCUT2D eigenvalue weighted by atomic mass is 10.1. The molecule has 0 saturated carbocycles. The summed E-state index contributed by atoms with van der Waals surface area (Å²) in [7, 11) is 0. The molecule has 1 atom stereocenters. The van der Waals surface area contributed by atoms with Crippen molar-refractivity contribution in [1.29, 1.82) is 0 Å². The molecule has 2 aromatic carbocycles. The fraction of sp³-hybridized carbons (Fsp3) is 0.250. The molecule has 2 rings (SSSR count). The van der Waals surface area contributed by atoms with E-state index in [0.29, 0.717) is 6.54 Å². The number of aromatic hydroxyl groups is 1. The number of aliphatic hydroxyl groups is 1. The highest BCUT2D eigenvalue weighted by molar-refractivity contribution is 9.10. The molecular weight excluding hydrogens is 318 g/mol. The Kier molecular flexibility index (Phi) is 5.59. The van der Waals surface area contributed by atoms with Crippen molar-refractivity contribution in [2.75, 3.05) is 6.61 Å². The van der Waals surface area contributed by atoms with E-state index < -0.39 is 0 Å². The van der Waals surface area contributed by atoms with Gasteiger partial charge >= 0.3 is 0 Å². The minimum absolute atomic E-state index is 0.0317. The Morgan fingerprint density at radius 2 is 1.85 bits per heavy atom. The zero-order valence-electron chi connectivity index (χ0n) is 11.1. The normalized spacial score (nSPS) is 12.3. The van der Waals surface area contributed by atoms with Gasteiger partial charge < -0.3 is 15.5 Å². The Morgan fingerprint density at radius 3 is 2.55 bits per heavy atom. The molecule has 0 aliphatic heterocycles. The smallest absolute Gasteiger partial charge is 0.120 e. The SMILES string of the molecule is OC[C@@H](Cc1ccccc1)NCc1cc(Br)ccc1O. The van der Waals surface area contributed by atoms with E-state index in [2.05, 4.69) is 21.2 Å². The third-order valence-electron chi connectivity index (χ3n) is 3.17. The van der Waals surface area contributed by atoms with Gasteiger partial charge in [0.1, 0.15) is 5.75 Å². The fourth-order valence-corrected chi connectivity index (χ4v) is 2.46. The lowest BCUT2D eigenvalue weighted by molar-refractivity contribution is 0.240. The van der Waals surface area contributed by atoms with Crippen molar-refractivity contribution in [2.45, 2.75) is 19.0 Å². The lowest BCUT2D eigenvalue weighted by Crippen LogP contribution is -2.34. The molecule has 0 aliphatic rings. The summed E-state index contributed by atoms with van der Waals surface area (Å²) in [6.45, 7) is 0.576. The Bertz CT molecular complexity index is 545. The summed E-state index contributed by atoms with van der Waals surface area (Å²) in [6.07, 6.45) is 0.756. The van der Waals surface area contributed by atoms with Gasteiger partial charge in [0.25, 0.3) is 0 Å². The van der Waals surface area contributed by atoms with Gasteiger partial charge in [-0.15, -0.1) is 0 Å². The van der Waals surface area contributed by atoms with E-state index in [0.717, 1.165) is 16.5 Å². The molecule has 0 unspecified atom stereocenters. The summed E-state index contributed by atoms with van der Waals surface area (Å²) in [5, 5.41) is 22.5. The minimum atomic E-state index is -0.0317. The first-order valence-corrected chi connectivity index (χ1v) is 7.34. The zero-order valence-corrected chi connectivity index (χ0v) is 12.7. The molecule has 20 heavy (non-hydrogen) atoms. The van der Waals surface area contributed by atoms with Gasteiger partial charge in [-0.3, -0.25) is 0 Å². The molecule has 0 aliphatic carbocycles. The zero-order chi connectivity index (χ0) is 14.4. The average Bonchev–Trinajstić information content (AvgIpc) is 2.47. The number of hydrogen-bond donors (Lipinski definition) is 3. The Labute approximate surface area is 127 Å². The molecular formula is C16H18BrNO2. The van der Waals surface area contributed by atoms with Gasteiger partial charge in [0.05, 0.1) is 6.61 Å². The van der Waals surface area contributed by atoms with Gasteiger partial charge in [-0.2, -0.15) is 0 Å². The van der Waals surface area contributed by atoms with Gasteiger partial charge in [0, 0.05) is 22.6 Å². The first kappa shape index (κ1) is 15.0. The number of halogens is 1. The third kappa shape index (κ3) is 4.34. The number of hydrogen-bond acceptors (Lipinski definition) is 3. The van der Waals surface area contributed by atoms with Crippen molar-refractivity contribution in [2.24, 2.45) is 0 Å². The molecule has 2 aromatic rings. The van der Waals surface area contributed by atoms with E-state index in [4.69, 9.17) is 0 Å². The fourth-order valence-electron chi connectivity index (χ4n) is 2.05. The maximum absolute atomic E-state index is 9.79. The van der Waals surface area contributed by atoms with Crippen LogP contribution in [0.25, 0.3) is 0 Å². The molecule has 3 N–H and O–H groups in total. The van der Waals surface area contributed by atoms with E-state index in [1.54, 1.807) is 12.1 Å². The molecule has 0 spiro atoms. The van der Waals surface area contributed by atoms with Crippen molar-refractivity contribution >= 4 is 15.9 Å². The van der Waals surface area contributed by atoms with E-state index in [9.17, 15) is 10.2 Å². The number of aliphatic hydroxyl groups excluding tert-OH is 1. The molecule has 0 heterocycles. The molecule has 3 nitrogen and oxygen atoms in total.